The van der Waals surface area contributed by atoms with Gasteiger partial charge in [-0.05, 0) is 39.4 Å². The van der Waals surface area contributed by atoms with Gasteiger partial charge in [-0.25, -0.2) is 4.68 Å². The van der Waals surface area contributed by atoms with E-state index in [0.717, 1.165) is 16.2 Å². The second-order valence-corrected chi connectivity index (χ2v) is 8.11. The molecule has 150 valence electrons. The van der Waals surface area contributed by atoms with E-state index < -0.39 is 17.9 Å². The first-order chi connectivity index (χ1) is 13.8. The molecule has 1 aliphatic rings. The summed E-state index contributed by atoms with van der Waals surface area (Å²) in [7, 11) is 2.56. The molecule has 0 bridgehead atoms. The Kier molecular flexibility index (Phi) is 5.46. The topological polar surface area (TPSA) is 39.1 Å². The van der Waals surface area contributed by atoms with Crippen molar-refractivity contribution in [1.82, 2.24) is 15.3 Å². The van der Waals surface area contributed by atoms with Crippen molar-refractivity contribution in [1.29, 1.82) is 0 Å². The molecule has 2 aromatic carbocycles. The summed E-state index contributed by atoms with van der Waals surface area (Å²) in [6, 6.07) is 12.9. The van der Waals surface area contributed by atoms with Crippen LogP contribution < -0.4 is 10.8 Å². The molecule has 4 rings (SSSR count). The molecule has 0 aliphatic carbocycles. The quantitative estimate of drug-likeness (QED) is 0.489. The molecule has 1 aromatic heterocycles. The lowest BCUT2D eigenvalue weighted by Gasteiger charge is -2.14. The van der Waals surface area contributed by atoms with Gasteiger partial charge >= 0.3 is 6.18 Å². The number of aromatic nitrogens is 2. The van der Waals surface area contributed by atoms with Gasteiger partial charge in [0, 0.05) is 10.6 Å². The summed E-state index contributed by atoms with van der Waals surface area (Å²) >= 11 is 9.71. The SMILES string of the molecule is FC(F)(F)c1c(C2=C(Br)C(c3c(P)cccc3Cl)NO2)cnn1-c1ccccc1. The lowest BCUT2D eigenvalue weighted by molar-refractivity contribution is -0.143. The van der Waals surface area contributed by atoms with Crippen LogP contribution in [0.3, 0.4) is 0 Å². The van der Waals surface area contributed by atoms with E-state index in [2.05, 4.69) is 35.7 Å². The molecule has 29 heavy (non-hydrogen) atoms. The minimum atomic E-state index is -4.65. The third-order valence-electron chi connectivity index (χ3n) is 4.41. The van der Waals surface area contributed by atoms with Gasteiger partial charge in [-0.1, -0.05) is 41.9 Å². The number of hydrogen-bond acceptors (Lipinski definition) is 3. The van der Waals surface area contributed by atoms with Gasteiger partial charge < -0.3 is 4.84 Å². The number of alkyl halides is 3. The van der Waals surface area contributed by atoms with Crippen LogP contribution in [0.25, 0.3) is 11.4 Å². The van der Waals surface area contributed by atoms with E-state index in [-0.39, 0.29) is 11.3 Å². The fourth-order valence-electron chi connectivity index (χ4n) is 3.13. The van der Waals surface area contributed by atoms with Crippen molar-refractivity contribution in [3.05, 3.63) is 81.1 Å². The Hall–Kier alpha value is -1.86. The minimum Gasteiger partial charge on any atom is -0.406 e. The van der Waals surface area contributed by atoms with Crippen molar-refractivity contribution >= 4 is 47.8 Å². The van der Waals surface area contributed by atoms with Crippen LogP contribution in [-0.2, 0) is 11.0 Å². The molecular weight excluding hydrogens is 490 g/mol. The molecule has 3 aromatic rings. The van der Waals surface area contributed by atoms with Crippen molar-refractivity contribution < 1.29 is 18.0 Å². The van der Waals surface area contributed by atoms with Crippen LogP contribution >= 0.6 is 36.8 Å². The number of hydrogen-bond donors (Lipinski definition) is 1. The van der Waals surface area contributed by atoms with E-state index in [1.54, 1.807) is 42.5 Å². The van der Waals surface area contributed by atoms with Gasteiger partial charge in [0.1, 0.15) is 6.04 Å². The molecule has 1 aliphatic heterocycles. The van der Waals surface area contributed by atoms with Crippen molar-refractivity contribution in [2.24, 2.45) is 0 Å². The summed E-state index contributed by atoms with van der Waals surface area (Å²) in [5, 5.41) is 5.23. The van der Waals surface area contributed by atoms with E-state index in [1.807, 2.05) is 6.07 Å². The standard InChI is InChI=1S/C19H13BrClF3N3OP/c20-15-16(14-12(21)7-4-8-13(14)29)26-28-17(15)11-9-25-27(18(11)19(22,23)24)10-5-2-1-3-6-10/h1-9,16,26H,29H2. The minimum absolute atomic E-state index is 0.00817. The molecular formula is C19H13BrClF3N3OP. The molecule has 1 N–H and O–H groups in total. The normalized spacial score (nSPS) is 17.0. The number of nitrogens with one attached hydrogen (secondary N) is 1. The maximum atomic E-state index is 14.0. The first-order valence-electron chi connectivity index (χ1n) is 8.36. The molecule has 2 unspecified atom stereocenters. The molecule has 0 amide bonds. The number of hydroxylamine groups is 1. The van der Waals surface area contributed by atoms with Crippen LogP contribution in [0.15, 0.2) is 59.2 Å². The zero-order valence-corrected chi connectivity index (χ0v) is 18.0. The zero-order chi connectivity index (χ0) is 20.8. The highest BCUT2D eigenvalue weighted by molar-refractivity contribution is 9.11. The number of rotatable bonds is 3. The van der Waals surface area contributed by atoms with Gasteiger partial charge in [-0.2, -0.15) is 18.3 Å². The Morgan fingerprint density at radius 3 is 2.52 bits per heavy atom. The fourth-order valence-corrected chi connectivity index (χ4v) is 4.56. The predicted molar refractivity (Wildman–Crippen MR) is 112 cm³/mol. The molecule has 4 nitrogen and oxygen atoms in total. The summed E-state index contributed by atoms with van der Waals surface area (Å²) in [6.45, 7) is 0. The van der Waals surface area contributed by atoms with Gasteiger partial charge in [-0.15, -0.1) is 14.7 Å². The average molecular weight is 503 g/mol. The molecule has 2 heterocycles. The van der Waals surface area contributed by atoms with E-state index in [1.165, 1.54) is 0 Å². The van der Waals surface area contributed by atoms with E-state index in [9.17, 15) is 13.2 Å². The Bertz CT molecular complexity index is 1080. The van der Waals surface area contributed by atoms with E-state index in [4.69, 9.17) is 16.4 Å². The highest BCUT2D eigenvalue weighted by Crippen LogP contribution is 2.44. The largest absolute Gasteiger partial charge is 0.434 e. The van der Waals surface area contributed by atoms with Crippen molar-refractivity contribution in [2.45, 2.75) is 12.2 Å². The lowest BCUT2D eigenvalue weighted by atomic mass is 10.1. The first kappa shape index (κ1) is 20.4. The summed E-state index contributed by atoms with van der Waals surface area (Å²) in [5.41, 5.74) is 2.63. The summed E-state index contributed by atoms with van der Waals surface area (Å²) in [4.78, 5) is 5.47. The van der Waals surface area contributed by atoms with Gasteiger partial charge in [0.05, 0.1) is 21.9 Å². The number of nitrogens with zero attached hydrogens (tertiary/aromatic N) is 2. The van der Waals surface area contributed by atoms with Gasteiger partial charge in [0.25, 0.3) is 0 Å². The third kappa shape index (κ3) is 3.70. The fraction of sp³-hybridized carbons (Fsp3) is 0.105. The number of benzene rings is 2. The lowest BCUT2D eigenvalue weighted by Crippen LogP contribution is -2.19. The number of para-hydroxylation sites is 1. The van der Waals surface area contributed by atoms with Gasteiger partial charge in [0.15, 0.2) is 11.5 Å². The van der Waals surface area contributed by atoms with Crippen LogP contribution in [0, 0.1) is 0 Å². The van der Waals surface area contributed by atoms with Crippen molar-refractivity contribution in [3.63, 3.8) is 0 Å². The molecule has 0 saturated carbocycles. The summed E-state index contributed by atoms with van der Waals surface area (Å²) < 4.78 is 43.1. The Morgan fingerprint density at radius 1 is 1.14 bits per heavy atom. The second kappa shape index (κ2) is 7.76. The predicted octanol–water partition coefficient (Wildman–Crippen LogP) is 5.38. The highest BCUT2D eigenvalue weighted by atomic mass is 79.9. The van der Waals surface area contributed by atoms with E-state index in [0.29, 0.717) is 20.8 Å². The van der Waals surface area contributed by atoms with E-state index >= 15 is 0 Å². The Balaban J connectivity index is 1.85. The highest BCUT2D eigenvalue weighted by Gasteiger charge is 2.42. The van der Waals surface area contributed by atoms with Gasteiger partial charge in [-0.3, -0.25) is 0 Å². The monoisotopic (exact) mass is 501 g/mol. The van der Waals surface area contributed by atoms with Crippen molar-refractivity contribution in [2.75, 3.05) is 0 Å². The zero-order valence-electron chi connectivity index (χ0n) is 14.5. The Morgan fingerprint density at radius 2 is 1.86 bits per heavy atom. The van der Waals surface area contributed by atoms with Crippen molar-refractivity contribution in [3.8, 4) is 5.69 Å². The molecule has 0 spiro atoms. The van der Waals surface area contributed by atoms with Crippen LogP contribution in [0.1, 0.15) is 22.9 Å². The first-order valence-corrected chi connectivity index (χ1v) is 10.1. The Labute approximate surface area is 180 Å². The van der Waals surface area contributed by atoms with Crippen LogP contribution in [0.4, 0.5) is 13.2 Å². The van der Waals surface area contributed by atoms with Crippen LogP contribution in [0.5, 0.6) is 0 Å². The molecule has 0 saturated heterocycles. The molecule has 0 fully saturated rings. The molecule has 2 atom stereocenters. The van der Waals surface area contributed by atoms with Crippen LogP contribution in [0.2, 0.25) is 5.02 Å². The second-order valence-electron chi connectivity index (χ2n) is 6.22. The van der Waals surface area contributed by atoms with Crippen LogP contribution in [-0.4, -0.2) is 9.78 Å². The maximum absolute atomic E-state index is 14.0. The summed E-state index contributed by atoms with van der Waals surface area (Å²) in [6.07, 6.45) is -3.51. The molecule has 10 heteroatoms. The van der Waals surface area contributed by atoms with Gasteiger partial charge in [0.2, 0.25) is 0 Å². The maximum Gasteiger partial charge on any atom is 0.434 e. The smallest absolute Gasteiger partial charge is 0.406 e. The average Bonchev–Trinajstić information content (AvgIpc) is 3.26. The number of halogens is 5. The third-order valence-corrected chi connectivity index (χ3v) is 6.06. The molecule has 0 radical (unpaired) electrons. The summed E-state index contributed by atoms with van der Waals surface area (Å²) in [5.74, 6) is 0.00817.